The molecule has 1 N–H and O–H groups in total. The van der Waals surface area contributed by atoms with Gasteiger partial charge in [-0.1, -0.05) is 0 Å². The fraction of sp³-hybridized carbons (Fsp3) is 0.714. The molecule has 3 atom stereocenters. The Morgan fingerprint density at radius 2 is 1.62 bits per heavy atom. The highest BCUT2D eigenvalue weighted by Gasteiger charge is 2.38. The zero-order valence-corrected chi connectivity index (χ0v) is 20.5. The van der Waals surface area contributed by atoms with Crippen LogP contribution in [-0.2, 0) is 19.7 Å². The van der Waals surface area contributed by atoms with Crippen LogP contribution in [0.5, 0.6) is 0 Å². The third-order valence-electron chi connectivity index (χ3n) is 6.31. The summed E-state index contributed by atoms with van der Waals surface area (Å²) in [6.45, 7) is 11.2. The highest BCUT2D eigenvalue weighted by atomic mass is 32.2. The molecule has 180 valence electrons. The quantitative estimate of drug-likeness (QED) is 0.487. The highest BCUT2D eigenvalue weighted by Crippen LogP contribution is 2.23. The van der Waals surface area contributed by atoms with Crippen LogP contribution in [0, 0.1) is 13.8 Å². The van der Waals surface area contributed by atoms with E-state index >= 15 is 0 Å². The minimum absolute atomic E-state index is 0.132. The lowest BCUT2D eigenvalue weighted by Gasteiger charge is -2.41. The summed E-state index contributed by atoms with van der Waals surface area (Å²) in [5.74, 6) is -0.610. The molecule has 0 bridgehead atoms. The number of H-pyrrole nitrogens is 1. The van der Waals surface area contributed by atoms with Crippen molar-refractivity contribution in [2.75, 3.05) is 46.4 Å². The number of esters is 1. The fourth-order valence-corrected chi connectivity index (χ4v) is 6.33. The summed E-state index contributed by atoms with van der Waals surface area (Å²) >= 11 is 0. The third kappa shape index (κ3) is 4.76. The minimum Gasteiger partial charge on any atom is -0.465 e. The molecule has 0 spiro atoms. The zero-order chi connectivity index (χ0) is 23.8. The Morgan fingerprint density at radius 1 is 1.06 bits per heavy atom. The number of piperazine rings is 1. The predicted octanol–water partition coefficient (Wildman–Crippen LogP) is 0.961. The largest absolute Gasteiger partial charge is 0.465 e. The van der Waals surface area contributed by atoms with Crippen LogP contribution in [-0.4, -0.2) is 103 Å². The maximum Gasteiger partial charge on any atom is 0.339 e. The second-order valence-corrected chi connectivity index (χ2v) is 10.6. The van der Waals surface area contributed by atoms with Crippen molar-refractivity contribution in [1.82, 2.24) is 18.5 Å². The van der Waals surface area contributed by atoms with Crippen LogP contribution in [0.15, 0.2) is 0 Å². The third-order valence-corrected chi connectivity index (χ3v) is 8.28. The summed E-state index contributed by atoms with van der Waals surface area (Å²) in [7, 11) is -2.27. The number of hydrogen-bond donors (Lipinski definition) is 1. The molecule has 3 heterocycles. The van der Waals surface area contributed by atoms with E-state index in [4.69, 9.17) is 9.47 Å². The molecule has 32 heavy (non-hydrogen) atoms. The van der Waals surface area contributed by atoms with E-state index in [1.54, 1.807) is 13.8 Å². The molecule has 1 aromatic heterocycles. The maximum atomic E-state index is 13.2. The van der Waals surface area contributed by atoms with E-state index in [0.29, 0.717) is 61.8 Å². The summed E-state index contributed by atoms with van der Waals surface area (Å²) in [5.41, 5.74) is 1.94. The van der Waals surface area contributed by atoms with Crippen LogP contribution in [0.1, 0.15) is 52.9 Å². The van der Waals surface area contributed by atoms with Crippen LogP contribution in [0.2, 0.25) is 0 Å². The molecular formula is C21H34N4O6S. The number of nitrogens with one attached hydrogen (secondary N) is 1. The number of ketones is 1. The Balaban J connectivity index is 1.66. The molecule has 2 aliphatic rings. The smallest absolute Gasteiger partial charge is 0.339 e. The normalized spacial score (nSPS) is 24.9. The number of ether oxygens (including phenoxy) is 2. The molecular weight excluding hydrogens is 436 g/mol. The summed E-state index contributed by atoms with van der Waals surface area (Å²) in [4.78, 5) is 30.2. The average molecular weight is 471 g/mol. The number of hydrogen-bond acceptors (Lipinski definition) is 7. The molecule has 11 heteroatoms. The SMILES string of the molecule is COC(=O)c1c(C)[nH]c(C(=O)C(C)N2CCN(S(=O)(=O)N3CC(C)OC(C)C3)CC2)c1C. The number of aryl methyl sites for hydroxylation is 1. The van der Waals surface area contributed by atoms with E-state index in [1.807, 2.05) is 25.7 Å². The van der Waals surface area contributed by atoms with Crippen molar-refractivity contribution < 1.29 is 27.5 Å². The van der Waals surface area contributed by atoms with Crippen molar-refractivity contribution >= 4 is 22.0 Å². The van der Waals surface area contributed by atoms with Gasteiger partial charge in [0.2, 0.25) is 0 Å². The van der Waals surface area contributed by atoms with E-state index in [1.165, 1.54) is 15.7 Å². The summed E-state index contributed by atoms with van der Waals surface area (Å²) in [6, 6.07) is -0.453. The second kappa shape index (κ2) is 9.60. The van der Waals surface area contributed by atoms with Gasteiger partial charge in [0.1, 0.15) is 0 Å². The van der Waals surface area contributed by atoms with Gasteiger partial charge in [0.25, 0.3) is 10.2 Å². The molecule has 10 nitrogen and oxygen atoms in total. The van der Waals surface area contributed by atoms with Crippen LogP contribution < -0.4 is 0 Å². The van der Waals surface area contributed by atoms with Crippen molar-refractivity contribution in [3.05, 3.63) is 22.5 Å². The van der Waals surface area contributed by atoms with Crippen LogP contribution in [0.3, 0.4) is 0 Å². The molecule has 3 rings (SSSR count). The lowest BCUT2D eigenvalue weighted by molar-refractivity contribution is -0.0458. The zero-order valence-electron chi connectivity index (χ0n) is 19.7. The molecule has 0 radical (unpaired) electrons. The lowest BCUT2D eigenvalue weighted by atomic mass is 10.0. The Bertz CT molecular complexity index is 957. The number of carbonyl (C=O) groups excluding carboxylic acids is 2. The molecule has 0 aliphatic carbocycles. The van der Waals surface area contributed by atoms with Crippen molar-refractivity contribution in [3.8, 4) is 0 Å². The van der Waals surface area contributed by atoms with E-state index in [9.17, 15) is 18.0 Å². The molecule has 2 fully saturated rings. The number of carbonyl (C=O) groups is 2. The number of methoxy groups -OCH3 is 1. The Hall–Kier alpha value is -1.79. The van der Waals surface area contributed by atoms with Crippen molar-refractivity contribution in [3.63, 3.8) is 0 Å². The summed E-state index contributed by atoms with van der Waals surface area (Å²) in [6.07, 6.45) is -0.287. The first-order valence-corrected chi connectivity index (χ1v) is 12.3. The number of aromatic nitrogens is 1. The molecule has 0 saturated carbocycles. The monoisotopic (exact) mass is 470 g/mol. The van der Waals surface area contributed by atoms with Gasteiger partial charge in [-0.25, -0.2) is 4.79 Å². The summed E-state index contributed by atoms with van der Waals surface area (Å²) in [5, 5.41) is 0. The van der Waals surface area contributed by atoms with Gasteiger partial charge in [0.05, 0.1) is 36.6 Å². The topological polar surface area (TPSA) is 112 Å². The second-order valence-electron chi connectivity index (χ2n) is 8.67. The fourth-order valence-electron chi connectivity index (χ4n) is 4.58. The predicted molar refractivity (Wildman–Crippen MR) is 119 cm³/mol. The molecule has 3 unspecified atom stereocenters. The minimum atomic E-state index is -3.58. The first kappa shape index (κ1) is 24.8. The standard InChI is InChI=1S/C21H34N4O6S/c1-13-11-25(12-14(2)31-13)32(28,29)24-9-7-23(8-10-24)17(5)20(26)19-15(3)18(16(4)22-19)21(27)30-6/h13-14,17,22H,7-12H2,1-6H3. The molecule has 2 saturated heterocycles. The van der Waals surface area contributed by atoms with E-state index in [0.717, 1.165) is 0 Å². The first-order chi connectivity index (χ1) is 15.0. The van der Waals surface area contributed by atoms with E-state index in [-0.39, 0.29) is 18.0 Å². The number of rotatable bonds is 6. The lowest BCUT2D eigenvalue weighted by Crippen LogP contribution is -2.58. The average Bonchev–Trinajstić information content (AvgIpc) is 3.05. The van der Waals surface area contributed by atoms with E-state index < -0.39 is 22.2 Å². The van der Waals surface area contributed by atoms with Crippen molar-refractivity contribution in [2.24, 2.45) is 0 Å². The molecule has 0 amide bonds. The van der Waals surface area contributed by atoms with Gasteiger partial charge in [-0.15, -0.1) is 0 Å². The number of morpholine rings is 1. The van der Waals surface area contributed by atoms with Gasteiger partial charge in [0, 0.05) is 45.0 Å². The Labute approximate surface area is 190 Å². The van der Waals surface area contributed by atoms with Crippen molar-refractivity contribution in [2.45, 2.75) is 52.9 Å². The number of aromatic amines is 1. The van der Waals surface area contributed by atoms with Crippen LogP contribution in [0.25, 0.3) is 0 Å². The molecule has 0 aromatic carbocycles. The van der Waals surface area contributed by atoms with Gasteiger partial charge in [0.15, 0.2) is 5.78 Å². The van der Waals surface area contributed by atoms with Gasteiger partial charge >= 0.3 is 5.97 Å². The van der Waals surface area contributed by atoms with Gasteiger partial charge in [-0.2, -0.15) is 17.0 Å². The first-order valence-electron chi connectivity index (χ1n) is 10.9. The van der Waals surface area contributed by atoms with Crippen LogP contribution >= 0.6 is 0 Å². The molecule has 1 aromatic rings. The number of nitrogens with zero attached hydrogens (tertiary/aromatic N) is 3. The molecule has 2 aliphatic heterocycles. The van der Waals surface area contributed by atoms with Gasteiger partial charge in [-0.3, -0.25) is 9.69 Å². The maximum absolute atomic E-state index is 13.2. The van der Waals surface area contributed by atoms with Gasteiger partial charge < -0.3 is 14.5 Å². The Morgan fingerprint density at radius 3 is 2.16 bits per heavy atom. The number of Topliss-reactive ketones (excluding diaryl/α,β-unsaturated/α-hetero) is 1. The highest BCUT2D eigenvalue weighted by molar-refractivity contribution is 7.86. The van der Waals surface area contributed by atoms with Crippen LogP contribution in [0.4, 0.5) is 0 Å². The van der Waals surface area contributed by atoms with Gasteiger partial charge in [-0.05, 0) is 40.2 Å². The summed E-state index contributed by atoms with van der Waals surface area (Å²) < 4.78 is 39.7. The van der Waals surface area contributed by atoms with Crippen molar-refractivity contribution in [1.29, 1.82) is 0 Å². The van der Waals surface area contributed by atoms with E-state index in [2.05, 4.69) is 4.98 Å². The Kier molecular flexibility index (Phi) is 7.45.